The smallest absolute Gasteiger partial charge is 0.254 e. The summed E-state index contributed by atoms with van der Waals surface area (Å²) in [6.07, 6.45) is 1.72. The monoisotopic (exact) mass is 474 g/mol. The SMILES string of the molecule is CNC(=O)c1cccc([C@H]2CN(C(=O)c3ccc(OCc4ccccn4)c(OC)c3)CCN2C)c1. The van der Waals surface area contributed by atoms with Gasteiger partial charge in [0.1, 0.15) is 6.61 Å². The molecule has 1 atom stereocenters. The molecule has 2 aromatic carbocycles. The number of ether oxygens (including phenoxy) is 2. The molecule has 1 fully saturated rings. The molecular weight excluding hydrogens is 444 g/mol. The van der Waals surface area contributed by atoms with E-state index in [1.54, 1.807) is 44.6 Å². The third-order valence-electron chi connectivity index (χ3n) is 6.21. The van der Waals surface area contributed by atoms with Crippen molar-refractivity contribution in [3.63, 3.8) is 0 Å². The maximum absolute atomic E-state index is 13.4. The van der Waals surface area contributed by atoms with Crippen LogP contribution in [0.25, 0.3) is 0 Å². The summed E-state index contributed by atoms with van der Waals surface area (Å²) in [6, 6.07) is 18.4. The fraction of sp³-hybridized carbons (Fsp3) is 0.296. The number of hydrogen-bond donors (Lipinski definition) is 1. The van der Waals surface area contributed by atoms with Gasteiger partial charge in [0.2, 0.25) is 0 Å². The van der Waals surface area contributed by atoms with Gasteiger partial charge in [0, 0.05) is 44.0 Å². The van der Waals surface area contributed by atoms with E-state index in [4.69, 9.17) is 9.47 Å². The second kappa shape index (κ2) is 11.0. The lowest BCUT2D eigenvalue weighted by molar-refractivity contribution is 0.0545. The van der Waals surface area contributed by atoms with E-state index in [1.165, 1.54) is 0 Å². The lowest BCUT2D eigenvalue weighted by Gasteiger charge is -2.40. The topological polar surface area (TPSA) is 84.0 Å². The summed E-state index contributed by atoms with van der Waals surface area (Å²) < 4.78 is 11.4. The molecule has 8 heteroatoms. The van der Waals surface area contributed by atoms with Crippen LogP contribution in [0.15, 0.2) is 66.9 Å². The molecule has 2 amide bonds. The van der Waals surface area contributed by atoms with Crippen molar-refractivity contribution in [2.24, 2.45) is 0 Å². The number of aromatic nitrogens is 1. The van der Waals surface area contributed by atoms with Gasteiger partial charge in [-0.3, -0.25) is 19.5 Å². The first-order chi connectivity index (χ1) is 17.0. The first-order valence-corrected chi connectivity index (χ1v) is 11.5. The van der Waals surface area contributed by atoms with Crippen molar-refractivity contribution >= 4 is 11.8 Å². The number of nitrogens with zero attached hydrogens (tertiary/aromatic N) is 3. The van der Waals surface area contributed by atoms with E-state index in [2.05, 4.69) is 15.2 Å². The molecule has 1 aromatic heterocycles. The molecule has 0 saturated carbocycles. The Morgan fingerprint density at radius 3 is 2.63 bits per heavy atom. The van der Waals surface area contributed by atoms with E-state index in [0.29, 0.717) is 42.3 Å². The predicted octanol–water partition coefficient (Wildman–Crippen LogP) is 3.16. The number of nitrogens with one attached hydrogen (secondary N) is 1. The molecule has 1 aliphatic rings. The summed E-state index contributed by atoms with van der Waals surface area (Å²) in [5.41, 5.74) is 2.95. The summed E-state index contributed by atoms with van der Waals surface area (Å²) in [5, 5.41) is 2.66. The minimum absolute atomic E-state index is 0.0137. The molecule has 0 spiro atoms. The molecule has 35 heavy (non-hydrogen) atoms. The normalized spacial score (nSPS) is 16.0. The van der Waals surface area contributed by atoms with Crippen LogP contribution < -0.4 is 14.8 Å². The zero-order valence-corrected chi connectivity index (χ0v) is 20.2. The van der Waals surface area contributed by atoms with E-state index < -0.39 is 0 Å². The van der Waals surface area contributed by atoms with Crippen LogP contribution in [0.3, 0.4) is 0 Å². The molecule has 0 bridgehead atoms. The van der Waals surface area contributed by atoms with Crippen LogP contribution >= 0.6 is 0 Å². The van der Waals surface area contributed by atoms with Crippen molar-refractivity contribution in [1.82, 2.24) is 20.1 Å². The zero-order valence-electron chi connectivity index (χ0n) is 20.2. The number of amides is 2. The number of benzene rings is 2. The summed E-state index contributed by atoms with van der Waals surface area (Å²) in [4.78, 5) is 33.8. The van der Waals surface area contributed by atoms with Crippen molar-refractivity contribution in [1.29, 1.82) is 0 Å². The van der Waals surface area contributed by atoms with Crippen molar-refractivity contribution in [3.05, 3.63) is 89.2 Å². The first kappa shape index (κ1) is 24.2. The number of likely N-dealkylation sites (N-methyl/N-ethyl adjacent to an activating group) is 1. The molecule has 4 rings (SSSR count). The Balaban J connectivity index is 1.49. The van der Waals surface area contributed by atoms with Crippen LogP contribution in [0.2, 0.25) is 0 Å². The quantitative estimate of drug-likeness (QED) is 0.566. The Hall–Kier alpha value is -3.91. The van der Waals surface area contributed by atoms with Gasteiger partial charge >= 0.3 is 0 Å². The van der Waals surface area contributed by atoms with Crippen molar-refractivity contribution in [2.45, 2.75) is 12.6 Å². The Labute approximate surface area is 205 Å². The van der Waals surface area contributed by atoms with Crippen molar-refractivity contribution in [2.75, 3.05) is 40.8 Å². The second-order valence-corrected chi connectivity index (χ2v) is 8.43. The average Bonchev–Trinajstić information content (AvgIpc) is 2.91. The van der Waals surface area contributed by atoms with Crippen LogP contribution in [0.5, 0.6) is 11.5 Å². The summed E-state index contributed by atoms with van der Waals surface area (Å²) in [7, 11) is 5.21. The Kier molecular flexibility index (Phi) is 7.62. The Morgan fingerprint density at radius 1 is 1.03 bits per heavy atom. The van der Waals surface area contributed by atoms with Gasteiger partial charge in [-0.2, -0.15) is 0 Å². The molecule has 1 N–H and O–H groups in total. The second-order valence-electron chi connectivity index (χ2n) is 8.43. The minimum atomic E-state index is -0.129. The number of carbonyl (C=O) groups excluding carboxylic acids is 2. The summed E-state index contributed by atoms with van der Waals surface area (Å²) in [5.74, 6) is 0.850. The molecule has 0 unspecified atom stereocenters. The molecule has 0 aliphatic carbocycles. The maximum Gasteiger partial charge on any atom is 0.254 e. The third kappa shape index (κ3) is 5.60. The minimum Gasteiger partial charge on any atom is -0.493 e. The van der Waals surface area contributed by atoms with Crippen LogP contribution in [0, 0.1) is 0 Å². The lowest BCUT2D eigenvalue weighted by atomic mass is 9.99. The van der Waals surface area contributed by atoms with E-state index in [9.17, 15) is 9.59 Å². The molecule has 3 aromatic rings. The first-order valence-electron chi connectivity index (χ1n) is 11.5. The number of pyridine rings is 1. The predicted molar refractivity (Wildman–Crippen MR) is 133 cm³/mol. The molecule has 1 aliphatic heterocycles. The number of hydrogen-bond acceptors (Lipinski definition) is 6. The fourth-order valence-corrected chi connectivity index (χ4v) is 4.19. The van der Waals surface area contributed by atoms with Gasteiger partial charge in [-0.25, -0.2) is 0 Å². The van der Waals surface area contributed by atoms with Gasteiger partial charge in [0.05, 0.1) is 18.8 Å². The molecule has 182 valence electrons. The molecule has 1 saturated heterocycles. The van der Waals surface area contributed by atoms with Crippen molar-refractivity contribution in [3.8, 4) is 11.5 Å². The van der Waals surface area contributed by atoms with Crippen LogP contribution in [0.4, 0.5) is 0 Å². The fourth-order valence-electron chi connectivity index (χ4n) is 4.19. The van der Waals surface area contributed by atoms with E-state index >= 15 is 0 Å². The van der Waals surface area contributed by atoms with Gasteiger partial charge in [0.15, 0.2) is 11.5 Å². The number of carbonyl (C=O) groups is 2. The molecule has 0 radical (unpaired) electrons. The van der Waals surface area contributed by atoms with E-state index in [0.717, 1.165) is 17.8 Å². The van der Waals surface area contributed by atoms with Crippen LogP contribution in [0.1, 0.15) is 38.0 Å². The number of methoxy groups -OCH3 is 1. The average molecular weight is 475 g/mol. The highest BCUT2D eigenvalue weighted by molar-refractivity contribution is 5.95. The Morgan fingerprint density at radius 2 is 1.89 bits per heavy atom. The number of rotatable bonds is 7. The van der Waals surface area contributed by atoms with E-state index in [-0.39, 0.29) is 17.9 Å². The molecular formula is C27H30N4O4. The van der Waals surface area contributed by atoms with Crippen molar-refractivity contribution < 1.29 is 19.1 Å². The lowest BCUT2D eigenvalue weighted by Crippen LogP contribution is -2.49. The molecule has 2 heterocycles. The number of piperazine rings is 1. The highest BCUT2D eigenvalue weighted by Gasteiger charge is 2.29. The highest BCUT2D eigenvalue weighted by Crippen LogP contribution is 2.31. The zero-order chi connectivity index (χ0) is 24.8. The highest BCUT2D eigenvalue weighted by atomic mass is 16.5. The standard InChI is InChI=1S/C27H30N4O4/c1-28-26(32)20-8-6-7-19(15-20)23-17-31(14-13-30(23)2)27(33)21-10-11-24(25(16-21)34-3)35-18-22-9-4-5-12-29-22/h4-12,15-16,23H,13-14,17-18H2,1-3H3,(H,28,32)/t23-/m1/s1. The van der Waals surface area contributed by atoms with Gasteiger partial charge in [-0.15, -0.1) is 0 Å². The summed E-state index contributed by atoms with van der Waals surface area (Å²) >= 11 is 0. The maximum atomic E-state index is 13.4. The van der Waals surface area contributed by atoms with Gasteiger partial charge in [-0.05, 0) is 55.1 Å². The summed E-state index contributed by atoms with van der Waals surface area (Å²) in [6.45, 7) is 2.16. The third-order valence-corrected chi connectivity index (χ3v) is 6.21. The van der Waals surface area contributed by atoms with Gasteiger partial charge in [-0.1, -0.05) is 18.2 Å². The van der Waals surface area contributed by atoms with Gasteiger partial charge < -0.3 is 19.7 Å². The van der Waals surface area contributed by atoms with E-state index in [1.807, 2.05) is 48.3 Å². The molecule has 8 nitrogen and oxygen atoms in total. The Bertz CT molecular complexity index is 1180. The van der Waals surface area contributed by atoms with Gasteiger partial charge in [0.25, 0.3) is 11.8 Å². The van der Waals surface area contributed by atoms with Crippen LogP contribution in [-0.4, -0.2) is 67.4 Å². The van der Waals surface area contributed by atoms with Crippen LogP contribution in [-0.2, 0) is 6.61 Å². The largest absolute Gasteiger partial charge is 0.493 e.